The lowest BCUT2D eigenvalue weighted by molar-refractivity contribution is -0.191. The lowest BCUT2D eigenvalue weighted by Gasteiger charge is -2.13. The summed E-state index contributed by atoms with van der Waals surface area (Å²) in [6.45, 7) is 3.36. The molecule has 0 rings (SSSR count). The Kier molecular flexibility index (Phi) is 9.35. The van der Waals surface area contributed by atoms with E-state index in [1.807, 2.05) is 0 Å². The predicted molar refractivity (Wildman–Crippen MR) is 60.9 cm³/mol. The quantitative estimate of drug-likeness (QED) is 0.471. The Labute approximate surface area is 105 Å². The fourth-order valence-corrected chi connectivity index (χ4v) is 1.16. The minimum atomic E-state index is -4.37. The van der Waals surface area contributed by atoms with Gasteiger partial charge in [-0.25, -0.2) is 0 Å². The van der Waals surface area contributed by atoms with Crippen LogP contribution in [-0.4, -0.2) is 43.8 Å². The molecule has 0 spiro atoms. The molecule has 0 fully saturated rings. The molecule has 0 aromatic heterocycles. The van der Waals surface area contributed by atoms with Crippen LogP contribution in [0.5, 0.6) is 0 Å². The van der Waals surface area contributed by atoms with Gasteiger partial charge in [-0.3, -0.25) is 4.84 Å². The first-order valence-electron chi connectivity index (χ1n) is 5.98. The van der Waals surface area contributed by atoms with Crippen LogP contribution in [0.25, 0.3) is 0 Å². The van der Waals surface area contributed by atoms with Crippen LogP contribution in [0, 0.1) is 5.92 Å². The molecule has 110 valence electrons. The van der Waals surface area contributed by atoms with Crippen molar-refractivity contribution in [2.75, 3.05) is 26.4 Å². The second kappa shape index (κ2) is 9.55. The Bertz CT molecular complexity index is 200. The van der Waals surface area contributed by atoms with Crippen LogP contribution >= 0.6 is 0 Å². The molecule has 1 unspecified atom stereocenters. The summed E-state index contributed by atoms with van der Waals surface area (Å²) in [6, 6.07) is 0. The van der Waals surface area contributed by atoms with E-state index in [0.717, 1.165) is 12.8 Å². The molecule has 18 heavy (non-hydrogen) atoms. The van der Waals surface area contributed by atoms with Gasteiger partial charge in [0.25, 0.3) is 0 Å². The maximum absolute atomic E-state index is 11.7. The van der Waals surface area contributed by atoms with Crippen molar-refractivity contribution < 1.29 is 27.9 Å². The Morgan fingerprint density at radius 1 is 1.28 bits per heavy atom. The molecule has 7 heteroatoms. The summed E-state index contributed by atoms with van der Waals surface area (Å²) in [7, 11) is 0. The number of nitrogens with one attached hydrogen (secondary N) is 1. The molecule has 0 amide bonds. The van der Waals surface area contributed by atoms with Crippen molar-refractivity contribution >= 4 is 0 Å². The van der Waals surface area contributed by atoms with Gasteiger partial charge in [0.05, 0.1) is 12.7 Å². The van der Waals surface area contributed by atoms with Gasteiger partial charge in [0, 0.05) is 13.2 Å². The van der Waals surface area contributed by atoms with Crippen molar-refractivity contribution in [3.63, 3.8) is 0 Å². The van der Waals surface area contributed by atoms with Crippen LogP contribution in [0.3, 0.4) is 0 Å². The number of rotatable bonds is 10. The zero-order chi connectivity index (χ0) is 14.0. The number of hydroxylamine groups is 1. The smallest absolute Gasteiger partial charge is 0.389 e. The molecule has 4 nitrogen and oxygen atoms in total. The van der Waals surface area contributed by atoms with E-state index in [1.54, 1.807) is 0 Å². The Morgan fingerprint density at radius 2 is 1.94 bits per heavy atom. The van der Waals surface area contributed by atoms with E-state index in [4.69, 9.17) is 4.74 Å². The SMILES string of the molecule is CC(C)CCCOCC(O)CNOCC(F)(F)F. The molecule has 1 atom stereocenters. The molecule has 0 saturated carbocycles. The third-order valence-electron chi connectivity index (χ3n) is 2.04. The van der Waals surface area contributed by atoms with Crippen LogP contribution in [0.2, 0.25) is 0 Å². The van der Waals surface area contributed by atoms with E-state index in [-0.39, 0.29) is 13.2 Å². The lowest BCUT2D eigenvalue weighted by Crippen LogP contribution is -2.33. The zero-order valence-electron chi connectivity index (χ0n) is 10.8. The van der Waals surface area contributed by atoms with E-state index in [9.17, 15) is 18.3 Å². The third-order valence-corrected chi connectivity index (χ3v) is 2.04. The van der Waals surface area contributed by atoms with E-state index in [1.165, 1.54) is 0 Å². The van der Waals surface area contributed by atoms with Crippen molar-refractivity contribution in [1.82, 2.24) is 5.48 Å². The number of aliphatic hydroxyl groups excluding tert-OH is 1. The molecule has 2 N–H and O–H groups in total. The van der Waals surface area contributed by atoms with Gasteiger partial charge >= 0.3 is 6.18 Å². The second-order valence-corrected chi connectivity index (χ2v) is 4.52. The Morgan fingerprint density at radius 3 is 2.50 bits per heavy atom. The maximum Gasteiger partial charge on any atom is 0.413 e. The molecule has 0 heterocycles. The van der Waals surface area contributed by atoms with Crippen molar-refractivity contribution in [2.45, 2.75) is 39.0 Å². The monoisotopic (exact) mass is 273 g/mol. The number of ether oxygens (including phenoxy) is 1. The van der Waals surface area contributed by atoms with Gasteiger partial charge in [-0.05, 0) is 18.8 Å². The molecule has 0 aromatic carbocycles. The Hall–Kier alpha value is -0.370. The van der Waals surface area contributed by atoms with E-state index in [2.05, 4.69) is 24.2 Å². The summed E-state index contributed by atoms with van der Waals surface area (Å²) in [4.78, 5) is 4.14. The summed E-state index contributed by atoms with van der Waals surface area (Å²) in [5, 5.41) is 9.34. The first-order chi connectivity index (χ1) is 8.31. The fraction of sp³-hybridized carbons (Fsp3) is 1.00. The molecule has 0 aliphatic carbocycles. The zero-order valence-corrected chi connectivity index (χ0v) is 10.8. The maximum atomic E-state index is 11.7. The molecule has 0 aliphatic heterocycles. The third kappa shape index (κ3) is 13.7. The highest BCUT2D eigenvalue weighted by Gasteiger charge is 2.27. The second-order valence-electron chi connectivity index (χ2n) is 4.52. The topological polar surface area (TPSA) is 50.7 Å². The molecule has 0 radical (unpaired) electrons. The summed E-state index contributed by atoms with van der Waals surface area (Å²) >= 11 is 0. The number of hydrogen-bond acceptors (Lipinski definition) is 4. The average Bonchev–Trinajstić information content (AvgIpc) is 2.22. The summed E-state index contributed by atoms with van der Waals surface area (Å²) in [5.41, 5.74) is 2.05. The largest absolute Gasteiger partial charge is 0.413 e. The van der Waals surface area contributed by atoms with Gasteiger partial charge in [0.1, 0.15) is 0 Å². The highest BCUT2D eigenvalue weighted by atomic mass is 19.4. The molecule has 0 aromatic rings. The minimum absolute atomic E-state index is 0.0838. The van der Waals surface area contributed by atoms with E-state index >= 15 is 0 Å². The first kappa shape index (κ1) is 17.6. The molecule has 0 bridgehead atoms. The van der Waals surface area contributed by atoms with Crippen LogP contribution in [-0.2, 0) is 9.57 Å². The van der Waals surface area contributed by atoms with Crippen LogP contribution in [0.1, 0.15) is 26.7 Å². The number of halogens is 3. The van der Waals surface area contributed by atoms with E-state index < -0.39 is 18.9 Å². The van der Waals surface area contributed by atoms with Gasteiger partial charge in [-0.15, -0.1) is 0 Å². The van der Waals surface area contributed by atoms with Gasteiger partial charge in [0.15, 0.2) is 6.61 Å². The van der Waals surface area contributed by atoms with Gasteiger partial charge in [-0.2, -0.15) is 18.7 Å². The van der Waals surface area contributed by atoms with Crippen molar-refractivity contribution in [1.29, 1.82) is 0 Å². The number of hydrogen-bond donors (Lipinski definition) is 2. The Balaban J connectivity index is 3.30. The molecular weight excluding hydrogens is 251 g/mol. The first-order valence-corrected chi connectivity index (χ1v) is 5.98. The minimum Gasteiger partial charge on any atom is -0.389 e. The normalized spacial score (nSPS) is 14.2. The molecule has 0 aliphatic rings. The predicted octanol–water partition coefficient (Wildman–Crippen LogP) is 1.88. The van der Waals surface area contributed by atoms with Crippen molar-refractivity contribution in [2.24, 2.45) is 5.92 Å². The highest BCUT2D eigenvalue weighted by molar-refractivity contribution is 4.54. The highest BCUT2D eigenvalue weighted by Crippen LogP contribution is 2.13. The summed E-state index contributed by atoms with van der Waals surface area (Å²) in [6.07, 6.45) is -3.30. The summed E-state index contributed by atoms with van der Waals surface area (Å²) < 4.78 is 40.2. The van der Waals surface area contributed by atoms with Gasteiger partial charge in [0.2, 0.25) is 0 Å². The van der Waals surface area contributed by atoms with Crippen LogP contribution in [0.4, 0.5) is 13.2 Å². The molecular formula is C11H22F3NO3. The number of alkyl halides is 3. The fourth-order valence-electron chi connectivity index (χ4n) is 1.16. The van der Waals surface area contributed by atoms with Crippen molar-refractivity contribution in [3.8, 4) is 0 Å². The average molecular weight is 273 g/mol. The van der Waals surface area contributed by atoms with Crippen LogP contribution in [0.15, 0.2) is 0 Å². The van der Waals surface area contributed by atoms with Gasteiger partial charge < -0.3 is 9.84 Å². The van der Waals surface area contributed by atoms with Crippen molar-refractivity contribution in [3.05, 3.63) is 0 Å². The van der Waals surface area contributed by atoms with E-state index in [0.29, 0.717) is 12.5 Å². The summed E-state index contributed by atoms with van der Waals surface area (Å²) in [5.74, 6) is 0.607. The van der Waals surface area contributed by atoms with Gasteiger partial charge in [-0.1, -0.05) is 13.8 Å². The lowest BCUT2D eigenvalue weighted by atomic mass is 10.1. The molecule has 0 saturated heterocycles. The number of aliphatic hydroxyl groups is 1. The standard InChI is InChI=1S/C11H22F3NO3/c1-9(2)4-3-5-17-7-10(16)6-15-18-8-11(12,13)14/h9-10,15-16H,3-8H2,1-2H3. The van der Waals surface area contributed by atoms with Crippen LogP contribution < -0.4 is 5.48 Å².